The Morgan fingerprint density at radius 1 is 1.24 bits per heavy atom. The monoisotopic (exact) mass is 224 g/mol. The SMILES string of the molecule is C=C/C=C\c1c(C=C)c2ccccc2n1[B]F. The van der Waals surface area contributed by atoms with E-state index in [1.165, 1.54) is 4.48 Å². The average Bonchev–Trinajstić information content (AvgIpc) is 2.68. The number of allylic oxidation sites excluding steroid dienone is 2. The van der Waals surface area contributed by atoms with E-state index >= 15 is 0 Å². The Kier molecular flexibility index (Phi) is 3.28. The number of hydrogen-bond acceptors (Lipinski definition) is 0. The fourth-order valence-electron chi connectivity index (χ4n) is 1.96. The molecule has 1 nitrogen and oxygen atoms in total. The van der Waals surface area contributed by atoms with Gasteiger partial charge >= 0.3 is 7.69 Å². The summed E-state index contributed by atoms with van der Waals surface area (Å²) in [4.78, 5) is 0. The van der Waals surface area contributed by atoms with Crippen molar-refractivity contribution in [2.24, 2.45) is 0 Å². The van der Waals surface area contributed by atoms with Gasteiger partial charge in [0.05, 0.1) is 0 Å². The van der Waals surface area contributed by atoms with Crippen molar-refractivity contribution in [3.63, 3.8) is 0 Å². The molecule has 0 bridgehead atoms. The molecule has 0 saturated carbocycles. The fourth-order valence-corrected chi connectivity index (χ4v) is 1.96. The van der Waals surface area contributed by atoms with Gasteiger partial charge in [-0.3, -0.25) is 0 Å². The molecular formula is C14H12BFN. The maximum Gasteiger partial charge on any atom is 0.495 e. The molecule has 1 radical (unpaired) electrons. The number of fused-ring (bicyclic) bond motifs is 1. The number of hydrogen-bond donors (Lipinski definition) is 0. The summed E-state index contributed by atoms with van der Waals surface area (Å²) < 4.78 is 14.5. The van der Waals surface area contributed by atoms with E-state index in [-0.39, 0.29) is 0 Å². The maximum absolute atomic E-state index is 13.0. The average molecular weight is 224 g/mol. The van der Waals surface area contributed by atoms with Gasteiger partial charge in [-0.15, -0.1) is 0 Å². The van der Waals surface area contributed by atoms with Crippen molar-refractivity contribution in [2.75, 3.05) is 0 Å². The minimum atomic E-state index is 0.568. The van der Waals surface area contributed by atoms with Crippen molar-refractivity contribution in [2.45, 2.75) is 0 Å². The van der Waals surface area contributed by atoms with E-state index in [0.29, 0.717) is 7.69 Å². The Bertz CT molecular complexity index is 596. The predicted molar refractivity (Wildman–Crippen MR) is 73.5 cm³/mol. The van der Waals surface area contributed by atoms with Crippen LogP contribution in [0.2, 0.25) is 0 Å². The first-order valence-electron chi connectivity index (χ1n) is 5.31. The minimum Gasteiger partial charge on any atom is -0.358 e. The number of halogens is 1. The second kappa shape index (κ2) is 4.87. The van der Waals surface area contributed by atoms with Gasteiger partial charge in [0, 0.05) is 22.2 Å². The van der Waals surface area contributed by atoms with Gasteiger partial charge in [0.25, 0.3) is 0 Å². The first-order chi connectivity index (χ1) is 8.33. The van der Waals surface area contributed by atoms with Gasteiger partial charge in [0.15, 0.2) is 0 Å². The first kappa shape index (κ1) is 11.5. The predicted octanol–water partition coefficient (Wildman–Crippen LogP) is 3.84. The molecule has 83 valence electrons. The Balaban J connectivity index is 2.82. The van der Waals surface area contributed by atoms with Gasteiger partial charge < -0.3 is 8.79 Å². The van der Waals surface area contributed by atoms with Crippen LogP contribution in [-0.4, -0.2) is 12.2 Å². The summed E-state index contributed by atoms with van der Waals surface area (Å²) in [5, 5.41) is 0.986. The third-order valence-electron chi connectivity index (χ3n) is 2.68. The van der Waals surface area contributed by atoms with Gasteiger partial charge in [-0.05, 0) is 12.1 Å². The van der Waals surface area contributed by atoms with E-state index in [0.717, 1.165) is 22.2 Å². The quantitative estimate of drug-likeness (QED) is 0.549. The second-order valence-electron chi connectivity index (χ2n) is 3.58. The van der Waals surface area contributed by atoms with Gasteiger partial charge in [-0.25, -0.2) is 0 Å². The van der Waals surface area contributed by atoms with Crippen molar-refractivity contribution in [1.29, 1.82) is 0 Å². The Morgan fingerprint density at radius 3 is 2.65 bits per heavy atom. The summed E-state index contributed by atoms with van der Waals surface area (Å²) in [5.74, 6) is 0. The number of para-hydroxylation sites is 1. The van der Waals surface area contributed by atoms with Crippen LogP contribution in [0.25, 0.3) is 23.1 Å². The van der Waals surface area contributed by atoms with E-state index in [4.69, 9.17) is 0 Å². The molecule has 1 heterocycles. The van der Waals surface area contributed by atoms with Crippen molar-refractivity contribution >= 4 is 30.7 Å². The minimum absolute atomic E-state index is 0.568. The molecule has 0 N–H and O–H groups in total. The molecule has 0 saturated heterocycles. The van der Waals surface area contributed by atoms with Crippen LogP contribution in [0.3, 0.4) is 0 Å². The van der Waals surface area contributed by atoms with Gasteiger partial charge in [0.2, 0.25) is 0 Å². The number of benzene rings is 1. The van der Waals surface area contributed by atoms with Crippen molar-refractivity contribution in [1.82, 2.24) is 4.48 Å². The van der Waals surface area contributed by atoms with E-state index < -0.39 is 0 Å². The number of aromatic nitrogens is 1. The van der Waals surface area contributed by atoms with Crippen molar-refractivity contribution in [3.8, 4) is 0 Å². The molecule has 1 aromatic heterocycles. The topological polar surface area (TPSA) is 4.93 Å². The highest BCUT2D eigenvalue weighted by molar-refractivity contribution is 6.28. The molecule has 0 aliphatic rings. The van der Waals surface area contributed by atoms with Crippen molar-refractivity contribution in [3.05, 3.63) is 60.8 Å². The summed E-state index contributed by atoms with van der Waals surface area (Å²) in [7, 11) is 0.568. The Labute approximate surface area is 101 Å². The molecule has 17 heavy (non-hydrogen) atoms. The molecule has 2 aromatic rings. The Morgan fingerprint density at radius 2 is 2.00 bits per heavy atom. The van der Waals surface area contributed by atoms with Crippen LogP contribution in [0, 0.1) is 0 Å². The van der Waals surface area contributed by atoms with Gasteiger partial charge in [-0.1, -0.05) is 49.6 Å². The van der Waals surface area contributed by atoms with Crippen molar-refractivity contribution < 1.29 is 4.32 Å². The lowest BCUT2D eigenvalue weighted by atomic mass is 10.1. The highest BCUT2D eigenvalue weighted by Crippen LogP contribution is 2.27. The number of rotatable bonds is 4. The molecule has 0 aliphatic carbocycles. The van der Waals surface area contributed by atoms with Crippen LogP contribution >= 0.6 is 0 Å². The summed E-state index contributed by atoms with van der Waals surface area (Å²) in [6.07, 6.45) is 7.00. The third-order valence-corrected chi connectivity index (χ3v) is 2.68. The zero-order valence-electron chi connectivity index (χ0n) is 9.44. The van der Waals surface area contributed by atoms with E-state index in [1.54, 1.807) is 18.2 Å². The van der Waals surface area contributed by atoms with Crippen LogP contribution in [0.15, 0.2) is 49.6 Å². The van der Waals surface area contributed by atoms with Crippen LogP contribution in [0.5, 0.6) is 0 Å². The van der Waals surface area contributed by atoms with Crippen LogP contribution in [-0.2, 0) is 0 Å². The zero-order chi connectivity index (χ0) is 12.3. The zero-order valence-corrected chi connectivity index (χ0v) is 9.44. The molecule has 0 atom stereocenters. The lowest BCUT2D eigenvalue weighted by Gasteiger charge is -2.00. The lowest BCUT2D eigenvalue weighted by Crippen LogP contribution is -2.02. The largest absolute Gasteiger partial charge is 0.495 e. The van der Waals surface area contributed by atoms with Gasteiger partial charge in [0.1, 0.15) is 0 Å². The molecule has 0 spiro atoms. The summed E-state index contributed by atoms with van der Waals surface area (Å²) in [6, 6.07) is 7.65. The van der Waals surface area contributed by atoms with Crippen LogP contribution < -0.4 is 0 Å². The summed E-state index contributed by atoms with van der Waals surface area (Å²) >= 11 is 0. The highest BCUT2D eigenvalue weighted by atomic mass is 19.1. The highest BCUT2D eigenvalue weighted by Gasteiger charge is 2.13. The standard InChI is InChI=1S/C14H12BFN/c1-3-5-9-13-11(4-2)12-8-6-7-10-14(12)17(13)15-16/h3-10H,1-2H2/b9-5-. The molecule has 3 heteroatoms. The summed E-state index contributed by atoms with van der Waals surface area (Å²) in [5.41, 5.74) is 2.52. The van der Waals surface area contributed by atoms with E-state index in [1.807, 2.05) is 30.3 Å². The molecule has 0 unspecified atom stereocenters. The lowest BCUT2D eigenvalue weighted by molar-refractivity contribution is 0.839. The summed E-state index contributed by atoms with van der Waals surface area (Å²) in [6.45, 7) is 7.40. The second-order valence-corrected chi connectivity index (χ2v) is 3.58. The normalized spacial score (nSPS) is 10.9. The molecular weight excluding hydrogens is 212 g/mol. The fraction of sp³-hybridized carbons (Fsp3) is 0. The molecule has 0 amide bonds. The molecule has 0 fully saturated rings. The van der Waals surface area contributed by atoms with E-state index in [2.05, 4.69) is 13.2 Å². The molecule has 1 aromatic carbocycles. The smallest absolute Gasteiger partial charge is 0.358 e. The third kappa shape index (κ3) is 1.84. The first-order valence-corrected chi connectivity index (χ1v) is 5.31. The Hall–Kier alpha value is -2.03. The van der Waals surface area contributed by atoms with Crippen LogP contribution in [0.4, 0.5) is 4.32 Å². The molecule has 2 rings (SSSR count). The van der Waals surface area contributed by atoms with E-state index in [9.17, 15) is 4.32 Å². The van der Waals surface area contributed by atoms with Gasteiger partial charge in [-0.2, -0.15) is 0 Å². The molecule has 0 aliphatic heterocycles. The maximum atomic E-state index is 13.0. The number of nitrogens with zero attached hydrogens (tertiary/aromatic N) is 1. The van der Waals surface area contributed by atoms with Crippen LogP contribution in [0.1, 0.15) is 11.3 Å².